The van der Waals surface area contributed by atoms with E-state index in [0.717, 1.165) is 11.4 Å². The van der Waals surface area contributed by atoms with Gasteiger partial charge in [-0.15, -0.1) is 0 Å². The maximum absolute atomic E-state index is 13.0. The van der Waals surface area contributed by atoms with Crippen molar-refractivity contribution in [3.63, 3.8) is 0 Å². The predicted molar refractivity (Wildman–Crippen MR) is 99.8 cm³/mol. The second-order valence-electron chi connectivity index (χ2n) is 7.36. The Kier molecular flexibility index (Phi) is 8.01. The summed E-state index contributed by atoms with van der Waals surface area (Å²) in [6, 6.07) is 6.25. The summed E-state index contributed by atoms with van der Waals surface area (Å²) in [6.07, 6.45) is 0. The first kappa shape index (κ1) is 21.3. The van der Waals surface area contributed by atoms with E-state index in [9.17, 15) is 4.21 Å². The van der Waals surface area contributed by atoms with Crippen LogP contribution in [0.15, 0.2) is 23.1 Å². The van der Waals surface area contributed by atoms with Gasteiger partial charge in [0.05, 0.1) is 4.90 Å². The topological polar surface area (TPSA) is 20.3 Å². The molecule has 0 spiro atoms. The lowest BCUT2D eigenvalue weighted by molar-refractivity contribution is 0.273. The van der Waals surface area contributed by atoms with Gasteiger partial charge in [-0.2, -0.15) is 0 Å². The normalized spacial score (nSPS) is 13.6. The molecule has 0 radical (unpaired) electrons. The molecule has 0 fully saturated rings. The summed E-state index contributed by atoms with van der Waals surface area (Å²) in [5.74, 6) is 0. The highest BCUT2D eigenvalue weighted by Gasteiger charge is 2.29. The molecule has 0 bridgehead atoms. The minimum atomic E-state index is -1.12. The molecule has 22 heavy (non-hydrogen) atoms. The van der Waals surface area contributed by atoms with Crippen LogP contribution in [0, 0.1) is 6.92 Å². The van der Waals surface area contributed by atoms with Crippen molar-refractivity contribution in [3.8, 4) is 0 Å². The van der Waals surface area contributed by atoms with E-state index in [2.05, 4.69) is 67.5 Å². The van der Waals surface area contributed by atoms with Crippen molar-refractivity contribution in [3.05, 3.63) is 29.3 Å². The van der Waals surface area contributed by atoms with Gasteiger partial charge in [0.15, 0.2) is 0 Å². The van der Waals surface area contributed by atoms with E-state index in [0.29, 0.717) is 0 Å². The number of nitrogens with zero attached hydrogens (tertiary/aromatic N) is 1. The highest BCUT2D eigenvalue weighted by molar-refractivity contribution is 7.82. The molecule has 3 heteroatoms. The van der Waals surface area contributed by atoms with Gasteiger partial charge in [0.1, 0.15) is 11.0 Å². The molecule has 1 rings (SSSR count). The fraction of sp³-hybridized carbons (Fsp3) is 0.684. The van der Waals surface area contributed by atoms with E-state index in [1.54, 1.807) is 0 Å². The molecular formula is C19H35NOS. The van der Waals surface area contributed by atoms with Gasteiger partial charge in [0, 0.05) is 12.1 Å². The summed E-state index contributed by atoms with van der Waals surface area (Å²) < 4.78 is 15.1. The molecular weight excluding hydrogens is 290 g/mol. The van der Waals surface area contributed by atoms with Crippen LogP contribution in [-0.2, 0) is 16.4 Å². The second kappa shape index (κ2) is 8.26. The highest BCUT2D eigenvalue weighted by atomic mass is 32.2. The molecule has 0 aliphatic carbocycles. The Morgan fingerprint density at radius 3 is 1.91 bits per heavy atom. The Morgan fingerprint density at radius 1 is 1.05 bits per heavy atom. The maximum Gasteiger partial charge on any atom is 0.128 e. The molecule has 0 amide bonds. The summed E-state index contributed by atoms with van der Waals surface area (Å²) in [5.41, 5.74) is 2.28. The first-order chi connectivity index (χ1) is 9.98. The van der Waals surface area contributed by atoms with Crippen LogP contribution in [0.4, 0.5) is 0 Å². The zero-order valence-corrected chi connectivity index (χ0v) is 17.0. The Balaban J connectivity index is 0.00000211. The number of hydrogen-bond donors (Lipinski definition) is 0. The van der Waals surface area contributed by atoms with E-state index in [1.807, 2.05) is 24.2 Å². The molecule has 0 aliphatic heterocycles. The van der Waals surface area contributed by atoms with E-state index >= 15 is 0 Å². The van der Waals surface area contributed by atoms with E-state index < -0.39 is 11.0 Å². The zero-order valence-electron chi connectivity index (χ0n) is 16.2. The first-order valence-electron chi connectivity index (χ1n) is 8.29. The average Bonchev–Trinajstić information content (AvgIpc) is 2.39. The Labute approximate surface area is 140 Å². The van der Waals surface area contributed by atoms with Gasteiger partial charge >= 0.3 is 0 Å². The first-order valence-corrected chi connectivity index (χ1v) is 9.40. The van der Waals surface area contributed by atoms with Crippen molar-refractivity contribution in [1.82, 2.24) is 4.31 Å². The fourth-order valence-corrected chi connectivity index (χ4v) is 4.05. The standard InChI is InChI=1S/C17H29NOS.C2H6/c1-9-18(17(6,7)8)20(19)15-11-10-13(2)12-14(15)16(3,4)5;1-2/h10-12H,9H2,1-8H3;1-2H3. The largest absolute Gasteiger partial charge is 0.237 e. The lowest BCUT2D eigenvalue weighted by Gasteiger charge is -2.34. The second-order valence-corrected chi connectivity index (χ2v) is 8.74. The molecule has 1 aromatic rings. The molecule has 128 valence electrons. The summed E-state index contributed by atoms with van der Waals surface area (Å²) in [7, 11) is -1.12. The number of aryl methyl sites for hydroxylation is 1. The SMILES string of the molecule is CC.CCN(S(=O)c1ccc(C)cc1C(C)(C)C)C(C)(C)C. The quantitative estimate of drug-likeness (QED) is 0.722. The number of hydrogen-bond acceptors (Lipinski definition) is 1. The third-order valence-electron chi connectivity index (χ3n) is 3.37. The van der Waals surface area contributed by atoms with E-state index in [4.69, 9.17) is 0 Å². The van der Waals surface area contributed by atoms with Crippen LogP contribution in [0.3, 0.4) is 0 Å². The third kappa shape index (κ3) is 5.51. The molecule has 1 aromatic carbocycles. The maximum atomic E-state index is 13.0. The minimum Gasteiger partial charge on any atom is -0.237 e. The lowest BCUT2D eigenvalue weighted by atomic mass is 9.86. The van der Waals surface area contributed by atoms with Crippen molar-refractivity contribution in [2.75, 3.05) is 6.54 Å². The fourth-order valence-electron chi connectivity index (χ4n) is 2.34. The summed E-state index contributed by atoms with van der Waals surface area (Å²) in [4.78, 5) is 0.944. The van der Waals surface area contributed by atoms with Crippen LogP contribution in [-0.4, -0.2) is 20.6 Å². The van der Waals surface area contributed by atoms with Crippen molar-refractivity contribution in [1.29, 1.82) is 0 Å². The van der Waals surface area contributed by atoms with Crippen molar-refractivity contribution in [2.45, 2.75) is 85.1 Å². The smallest absolute Gasteiger partial charge is 0.128 e. The van der Waals surface area contributed by atoms with Crippen LogP contribution in [0.1, 0.15) is 73.4 Å². The average molecular weight is 326 g/mol. The predicted octanol–water partition coefficient (Wildman–Crippen LogP) is 5.46. The van der Waals surface area contributed by atoms with Gasteiger partial charge < -0.3 is 0 Å². The molecule has 0 heterocycles. The van der Waals surface area contributed by atoms with Crippen molar-refractivity contribution in [2.24, 2.45) is 0 Å². The van der Waals surface area contributed by atoms with Crippen LogP contribution in [0.5, 0.6) is 0 Å². The van der Waals surface area contributed by atoms with E-state index in [1.165, 1.54) is 11.1 Å². The Hall–Kier alpha value is -0.670. The van der Waals surface area contributed by atoms with E-state index in [-0.39, 0.29) is 11.0 Å². The van der Waals surface area contributed by atoms with Gasteiger partial charge in [-0.25, -0.2) is 8.51 Å². The Morgan fingerprint density at radius 2 is 1.55 bits per heavy atom. The summed E-state index contributed by atoms with van der Waals surface area (Å²) >= 11 is 0. The minimum absolute atomic E-state index is 0.00565. The molecule has 0 aromatic heterocycles. The molecule has 0 aliphatic rings. The Bertz CT molecular complexity index is 495. The highest BCUT2D eigenvalue weighted by Crippen LogP contribution is 2.31. The van der Waals surface area contributed by atoms with Gasteiger partial charge in [-0.05, 0) is 44.7 Å². The molecule has 0 N–H and O–H groups in total. The molecule has 1 atom stereocenters. The summed E-state index contributed by atoms with van der Waals surface area (Å²) in [6.45, 7) is 21.8. The van der Waals surface area contributed by atoms with Gasteiger partial charge in [-0.3, -0.25) is 0 Å². The summed E-state index contributed by atoms with van der Waals surface area (Å²) in [5, 5.41) is 0. The van der Waals surface area contributed by atoms with Gasteiger partial charge in [0.2, 0.25) is 0 Å². The molecule has 0 saturated heterocycles. The van der Waals surface area contributed by atoms with Gasteiger partial charge in [-0.1, -0.05) is 59.2 Å². The molecule has 0 saturated carbocycles. The lowest BCUT2D eigenvalue weighted by Crippen LogP contribution is -2.42. The van der Waals surface area contributed by atoms with Crippen LogP contribution in [0.25, 0.3) is 0 Å². The van der Waals surface area contributed by atoms with Crippen molar-refractivity contribution >= 4 is 11.0 Å². The number of benzene rings is 1. The van der Waals surface area contributed by atoms with Crippen LogP contribution < -0.4 is 0 Å². The zero-order chi connectivity index (χ0) is 17.7. The monoisotopic (exact) mass is 325 g/mol. The van der Waals surface area contributed by atoms with Crippen LogP contribution >= 0.6 is 0 Å². The van der Waals surface area contributed by atoms with Crippen LogP contribution in [0.2, 0.25) is 0 Å². The molecule has 1 unspecified atom stereocenters. The van der Waals surface area contributed by atoms with Crippen molar-refractivity contribution < 1.29 is 4.21 Å². The number of rotatable bonds is 3. The third-order valence-corrected chi connectivity index (χ3v) is 5.31. The molecule has 2 nitrogen and oxygen atoms in total. The van der Waals surface area contributed by atoms with Gasteiger partial charge in [0.25, 0.3) is 0 Å².